The molecule has 0 radical (unpaired) electrons. The molecule has 0 bridgehead atoms. The molecule has 0 fully saturated rings. The van der Waals surface area contributed by atoms with Gasteiger partial charge < -0.3 is 9.30 Å². The third-order valence-electron chi connectivity index (χ3n) is 5.13. The van der Waals surface area contributed by atoms with Crippen molar-refractivity contribution in [2.75, 3.05) is 7.11 Å². The number of aldehydes is 1. The SMILES string of the molecule is CCc1ccc2cc(-c3nc4cc(C=O)cc(OC)n4c3C)n(CC(C)(F)F)c2n1. The molecule has 4 heterocycles. The van der Waals surface area contributed by atoms with Crippen molar-refractivity contribution in [2.24, 2.45) is 0 Å². The van der Waals surface area contributed by atoms with Gasteiger partial charge in [0.15, 0.2) is 5.88 Å². The van der Waals surface area contributed by atoms with Crippen LogP contribution in [0, 0.1) is 6.92 Å². The summed E-state index contributed by atoms with van der Waals surface area (Å²) >= 11 is 0. The first kappa shape index (κ1) is 20.0. The lowest BCUT2D eigenvalue weighted by atomic mass is 10.2. The largest absolute Gasteiger partial charge is 0.482 e. The molecule has 4 aromatic heterocycles. The molecule has 8 heteroatoms. The van der Waals surface area contributed by atoms with E-state index in [0.29, 0.717) is 40.5 Å². The second-order valence-corrected chi connectivity index (χ2v) is 7.44. The maximum Gasteiger partial charge on any atom is 0.263 e. The summed E-state index contributed by atoms with van der Waals surface area (Å²) in [7, 11) is 1.51. The number of fused-ring (bicyclic) bond motifs is 2. The Labute approximate surface area is 172 Å². The van der Waals surface area contributed by atoms with Gasteiger partial charge in [0.2, 0.25) is 0 Å². The van der Waals surface area contributed by atoms with E-state index in [9.17, 15) is 13.6 Å². The van der Waals surface area contributed by atoms with Gasteiger partial charge in [-0.15, -0.1) is 0 Å². The molecule has 0 aliphatic rings. The minimum Gasteiger partial charge on any atom is -0.482 e. The molecule has 0 aliphatic heterocycles. The Hall–Kier alpha value is -3.29. The minimum absolute atomic E-state index is 0.422. The summed E-state index contributed by atoms with van der Waals surface area (Å²) in [5.74, 6) is -2.49. The highest BCUT2D eigenvalue weighted by atomic mass is 19.3. The van der Waals surface area contributed by atoms with Gasteiger partial charge in [-0.3, -0.25) is 9.20 Å². The number of nitrogens with zero attached hydrogens (tertiary/aromatic N) is 4. The third kappa shape index (κ3) is 3.32. The van der Waals surface area contributed by atoms with Crippen LogP contribution in [0.4, 0.5) is 8.78 Å². The van der Waals surface area contributed by atoms with Crippen molar-refractivity contribution >= 4 is 23.0 Å². The Morgan fingerprint density at radius 3 is 2.60 bits per heavy atom. The molecule has 4 aromatic rings. The van der Waals surface area contributed by atoms with Crippen LogP contribution in [0.15, 0.2) is 30.3 Å². The fraction of sp³-hybridized carbons (Fsp3) is 0.318. The van der Waals surface area contributed by atoms with Gasteiger partial charge >= 0.3 is 0 Å². The molecule has 0 saturated carbocycles. The average molecular weight is 412 g/mol. The van der Waals surface area contributed by atoms with Crippen molar-refractivity contribution in [3.05, 3.63) is 47.3 Å². The number of hydrogen-bond acceptors (Lipinski definition) is 4. The zero-order valence-electron chi connectivity index (χ0n) is 17.2. The molecule has 156 valence electrons. The predicted octanol–water partition coefficient (Wildman–Crippen LogP) is 4.70. The number of ether oxygens (including phenoxy) is 1. The van der Waals surface area contributed by atoms with Crippen molar-refractivity contribution < 1.29 is 18.3 Å². The van der Waals surface area contributed by atoms with Crippen LogP contribution in [0.3, 0.4) is 0 Å². The highest BCUT2D eigenvalue weighted by Gasteiger charge is 2.27. The number of hydrogen-bond donors (Lipinski definition) is 0. The molecule has 0 amide bonds. The van der Waals surface area contributed by atoms with Gasteiger partial charge in [-0.2, -0.15) is 0 Å². The summed E-state index contributed by atoms with van der Waals surface area (Å²) in [6.07, 6.45) is 1.43. The Balaban J connectivity index is 2.03. The highest BCUT2D eigenvalue weighted by molar-refractivity contribution is 5.85. The number of aryl methyl sites for hydroxylation is 2. The van der Waals surface area contributed by atoms with Crippen molar-refractivity contribution in [3.8, 4) is 17.3 Å². The van der Waals surface area contributed by atoms with Crippen LogP contribution < -0.4 is 4.74 Å². The second kappa shape index (κ2) is 7.19. The van der Waals surface area contributed by atoms with E-state index in [-0.39, 0.29) is 0 Å². The molecule has 0 atom stereocenters. The lowest BCUT2D eigenvalue weighted by Crippen LogP contribution is -2.20. The third-order valence-corrected chi connectivity index (χ3v) is 5.13. The van der Waals surface area contributed by atoms with Crippen molar-refractivity contribution in [2.45, 2.75) is 39.7 Å². The normalized spacial score (nSPS) is 12.1. The zero-order valence-corrected chi connectivity index (χ0v) is 17.2. The lowest BCUT2D eigenvalue weighted by molar-refractivity contribution is 0.00533. The number of aromatic nitrogens is 4. The maximum atomic E-state index is 14.1. The van der Waals surface area contributed by atoms with Gasteiger partial charge in [0.25, 0.3) is 5.92 Å². The van der Waals surface area contributed by atoms with Crippen LogP contribution in [0.25, 0.3) is 28.1 Å². The maximum absolute atomic E-state index is 14.1. The first-order chi connectivity index (χ1) is 14.3. The summed E-state index contributed by atoms with van der Waals surface area (Å²) in [5, 5.41) is 0.767. The van der Waals surface area contributed by atoms with Crippen LogP contribution in [0.2, 0.25) is 0 Å². The topological polar surface area (TPSA) is 61.4 Å². The molecule has 4 rings (SSSR count). The number of halogens is 2. The fourth-order valence-corrected chi connectivity index (χ4v) is 3.75. The zero-order chi connectivity index (χ0) is 21.6. The number of carbonyl (C=O) groups is 1. The molecule has 6 nitrogen and oxygen atoms in total. The average Bonchev–Trinajstić information content (AvgIpc) is 3.23. The number of methoxy groups -OCH3 is 1. The fourth-order valence-electron chi connectivity index (χ4n) is 3.75. The second-order valence-electron chi connectivity index (χ2n) is 7.44. The summed E-state index contributed by atoms with van der Waals surface area (Å²) in [6.45, 7) is 4.19. The standard InChI is InChI=1S/C22H22F2N4O2/c1-5-16-7-6-15-10-17(27(21(15)25-16)12-22(3,23)24)20-13(2)28-18(26-20)8-14(11-29)9-19(28)30-4/h6-11H,5,12H2,1-4H3. The van der Waals surface area contributed by atoms with Gasteiger partial charge in [0.1, 0.15) is 23.3 Å². The predicted molar refractivity (Wildman–Crippen MR) is 111 cm³/mol. The van der Waals surface area contributed by atoms with Crippen molar-refractivity contribution in [3.63, 3.8) is 0 Å². The Morgan fingerprint density at radius 1 is 1.20 bits per heavy atom. The smallest absolute Gasteiger partial charge is 0.263 e. The van der Waals surface area contributed by atoms with E-state index in [0.717, 1.165) is 30.0 Å². The van der Waals surface area contributed by atoms with Crippen LogP contribution in [0.1, 0.15) is 35.6 Å². The van der Waals surface area contributed by atoms with Crippen LogP contribution in [-0.4, -0.2) is 38.3 Å². The molecular weight excluding hydrogens is 390 g/mol. The molecular formula is C22H22F2N4O2. The molecule has 0 aromatic carbocycles. The van der Waals surface area contributed by atoms with Gasteiger partial charge in [-0.25, -0.2) is 18.7 Å². The van der Waals surface area contributed by atoms with Crippen LogP contribution >= 0.6 is 0 Å². The van der Waals surface area contributed by atoms with Crippen LogP contribution in [0.5, 0.6) is 5.88 Å². The number of alkyl halides is 2. The molecule has 0 unspecified atom stereocenters. The Kier molecular flexibility index (Phi) is 4.80. The van der Waals surface area contributed by atoms with E-state index in [2.05, 4.69) is 9.97 Å². The van der Waals surface area contributed by atoms with E-state index in [1.54, 1.807) is 16.5 Å². The number of rotatable bonds is 6. The molecule has 0 N–H and O–H groups in total. The summed E-state index contributed by atoms with van der Waals surface area (Å²) in [6, 6.07) is 8.88. The Bertz CT molecular complexity index is 1270. The minimum atomic E-state index is -2.93. The number of pyridine rings is 2. The molecule has 30 heavy (non-hydrogen) atoms. The lowest BCUT2D eigenvalue weighted by Gasteiger charge is -2.15. The molecule has 0 saturated heterocycles. The Morgan fingerprint density at radius 2 is 1.97 bits per heavy atom. The van der Waals surface area contributed by atoms with E-state index >= 15 is 0 Å². The van der Waals surface area contributed by atoms with E-state index in [1.807, 2.05) is 32.0 Å². The number of carbonyl (C=O) groups excluding carboxylic acids is 1. The first-order valence-electron chi connectivity index (χ1n) is 9.65. The summed E-state index contributed by atoms with van der Waals surface area (Å²) in [4.78, 5) is 20.5. The molecule has 0 spiro atoms. The number of imidazole rings is 1. The van der Waals surface area contributed by atoms with E-state index < -0.39 is 12.5 Å². The van der Waals surface area contributed by atoms with Gasteiger partial charge in [0, 0.05) is 29.6 Å². The van der Waals surface area contributed by atoms with Gasteiger partial charge in [0.05, 0.1) is 25.0 Å². The van der Waals surface area contributed by atoms with Crippen LogP contribution in [-0.2, 0) is 13.0 Å². The molecule has 0 aliphatic carbocycles. The summed E-state index contributed by atoms with van der Waals surface area (Å²) < 4.78 is 36.9. The quantitative estimate of drug-likeness (QED) is 0.431. The summed E-state index contributed by atoms with van der Waals surface area (Å²) in [5.41, 5.74) is 4.06. The monoisotopic (exact) mass is 412 g/mol. The van der Waals surface area contributed by atoms with Crippen molar-refractivity contribution in [1.29, 1.82) is 0 Å². The van der Waals surface area contributed by atoms with Gasteiger partial charge in [-0.05, 0) is 37.6 Å². The van der Waals surface area contributed by atoms with E-state index in [1.165, 1.54) is 11.7 Å². The first-order valence-corrected chi connectivity index (χ1v) is 9.65. The van der Waals surface area contributed by atoms with Gasteiger partial charge in [-0.1, -0.05) is 6.92 Å². The van der Waals surface area contributed by atoms with E-state index in [4.69, 9.17) is 4.74 Å². The van der Waals surface area contributed by atoms with Crippen molar-refractivity contribution in [1.82, 2.24) is 18.9 Å². The highest BCUT2D eigenvalue weighted by Crippen LogP contribution is 2.33.